The number of carbonyl (C=O) groups excluding carboxylic acids is 1. The normalized spacial score (nSPS) is 13.4. The second kappa shape index (κ2) is 6.32. The molecule has 0 aliphatic heterocycles. The first-order valence-electron chi connectivity index (χ1n) is 6.50. The Bertz CT molecular complexity index is 618. The van der Waals surface area contributed by atoms with E-state index < -0.39 is 5.54 Å². The van der Waals surface area contributed by atoms with Crippen LogP contribution in [-0.2, 0) is 10.3 Å². The number of amides is 1. The monoisotopic (exact) mass is 286 g/mol. The molecule has 1 aromatic heterocycles. The van der Waals surface area contributed by atoms with E-state index in [0.717, 1.165) is 5.56 Å². The van der Waals surface area contributed by atoms with E-state index in [2.05, 4.69) is 15.3 Å². The first-order valence-corrected chi connectivity index (χ1v) is 6.50. The molecule has 21 heavy (non-hydrogen) atoms. The van der Waals surface area contributed by atoms with Crippen LogP contribution in [0.4, 0.5) is 5.82 Å². The average Bonchev–Trinajstić information content (AvgIpc) is 2.48. The van der Waals surface area contributed by atoms with Crippen LogP contribution in [0.2, 0.25) is 0 Å². The minimum absolute atomic E-state index is 0.0998. The van der Waals surface area contributed by atoms with Gasteiger partial charge in [0.1, 0.15) is 0 Å². The van der Waals surface area contributed by atoms with Crippen LogP contribution in [0.3, 0.4) is 0 Å². The number of hydrogen-bond donors (Lipinski definition) is 2. The number of aromatic nitrogens is 2. The summed E-state index contributed by atoms with van der Waals surface area (Å²) in [6.07, 6.45) is 2.87. The highest BCUT2D eigenvalue weighted by atomic mass is 16.5. The van der Waals surface area contributed by atoms with E-state index in [0.29, 0.717) is 6.61 Å². The van der Waals surface area contributed by atoms with Crippen molar-refractivity contribution >= 4 is 11.7 Å². The Balaban J connectivity index is 2.29. The lowest BCUT2D eigenvalue weighted by Gasteiger charge is -2.30. The zero-order valence-corrected chi connectivity index (χ0v) is 12.0. The van der Waals surface area contributed by atoms with E-state index in [4.69, 9.17) is 10.5 Å². The number of nitrogens with one attached hydrogen (secondary N) is 1. The minimum atomic E-state index is -0.683. The van der Waals surface area contributed by atoms with Crippen molar-refractivity contribution in [2.24, 2.45) is 0 Å². The topological polar surface area (TPSA) is 90.1 Å². The smallest absolute Gasteiger partial charge is 0.274 e. The fourth-order valence-electron chi connectivity index (χ4n) is 2.12. The van der Waals surface area contributed by atoms with E-state index in [9.17, 15) is 4.79 Å². The number of benzene rings is 1. The molecule has 6 heteroatoms. The lowest BCUT2D eigenvalue weighted by molar-refractivity contribution is 0.0782. The number of ether oxygens (including phenoxy) is 1. The Morgan fingerprint density at radius 2 is 1.95 bits per heavy atom. The molecule has 0 aliphatic carbocycles. The van der Waals surface area contributed by atoms with Crippen LogP contribution in [0, 0.1) is 0 Å². The Morgan fingerprint density at radius 3 is 2.57 bits per heavy atom. The Hall–Kier alpha value is -2.47. The molecule has 3 N–H and O–H groups in total. The molecule has 1 atom stereocenters. The van der Waals surface area contributed by atoms with Gasteiger partial charge in [-0.15, -0.1) is 0 Å². The number of nitrogens with zero attached hydrogens (tertiary/aromatic N) is 2. The average molecular weight is 286 g/mol. The molecular weight excluding hydrogens is 268 g/mol. The summed E-state index contributed by atoms with van der Waals surface area (Å²) in [5.74, 6) is -0.285. The summed E-state index contributed by atoms with van der Waals surface area (Å²) in [5.41, 5.74) is 6.04. The van der Waals surface area contributed by atoms with E-state index in [1.807, 2.05) is 37.3 Å². The molecule has 6 nitrogen and oxygen atoms in total. The van der Waals surface area contributed by atoms with Crippen molar-refractivity contribution in [1.29, 1.82) is 0 Å². The number of methoxy groups -OCH3 is 1. The van der Waals surface area contributed by atoms with Gasteiger partial charge < -0.3 is 15.8 Å². The van der Waals surface area contributed by atoms with Gasteiger partial charge in [0.05, 0.1) is 12.1 Å². The molecule has 0 unspecified atom stereocenters. The predicted molar refractivity (Wildman–Crippen MR) is 79.6 cm³/mol. The maximum atomic E-state index is 12.4. The predicted octanol–water partition coefficient (Wildman–Crippen LogP) is 1.35. The summed E-state index contributed by atoms with van der Waals surface area (Å²) in [7, 11) is 1.59. The minimum Gasteiger partial charge on any atom is -0.382 e. The maximum Gasteiger partial charge on any atom is 0.274 e. The van der Waals surface area contributed by atoms with Gasteiger partial charge in [0.2, 0.25) is 0 Å². The molecule has 1 amide bonds. The van der Waals surface area contributed by atoms with E-state index in [-0.39, 0.29) is 17.4 Å². The number of carbonyl (C=O) groups is 1. The second-order valence-corrected chi connectivity index (χ2v) is 4.88. The Morgan fingerprint density at radius 1 is 1.29 bits per heavy atom. The lowest BCUT2D eigenvalue weighted by atomic mass is 9.92. The van der Waals surface area contributed by atoms with Gasteiger partial charge in [0.25, 0.3) is 5.91 Å². The van der Waals surface area contributed by atoms with Gasteiger partial charge in [0, 0.05) is 19.5 Å². The fourth-order valence-corrected chi connectivity index (χ4v) is 2.12. The van der Waals surface area contributed by atoms with Gasteiger partial charge in [-0.1, -0.05) is 30.3 Å². The van der Waals surface area contributed by atoms with Crippen molar-refractivity contribution in [2.45, 2.75) is 12.5 Å². The summed E-state index contributed by atoms with van der Waals surface area (Å²) in [6, 6.07) is 9.59. The molecule has 0 fully saturated rings. The molecule has 0 spiro atoms. The molecular formula is C15H18N4O2. The highest BCUT2D eigenvalue weighted by molar-refractivity contribution is 5.96. The highest BCUT2D eigenvalue weighted by Crippen LogP contribution is 2.21. The van der Waals surface area contributed by atoms with Crippen molar-refractivity contribution < 1.29 is 9.53 Å². The third-order valence-corrected chi connectivity index (χ3v) is 3.17. The third-order valence-electron chi connectivity index (χ3n) is 3.17. The van der Waals surface area contributed by atoms with Crippen molar-refractivity contribution in [2.75, 3.05) is 19.5 Å². The number of nitrogen functional groups attached to an aromatic ring is 1. The van der Waals surface area contributed by atoms with Gasteiger partial charge >= 0.3 is 0 Å². The molecule has 0 saturated carbocycles. The molecule has 0 radical (unpaired) electrons. The van der Waals surface area contributed by atoms with Gasteiger partial charge in [-0.2, -0.15) is 0 Å². The number of rotatable bonds is 5. The highest BCUT2D eigenvalue weighted by Gasteiger charge is 2.30. The second-order valence-electron chi connectivity index (χ2n) is 4.88. The van der Waals surface area contributed by atoms with Crippen molar-refractivity contribution in [3.05, 3.63) is 54.0 Å². The van der Waals surface area contributed by atoms with Gasteiger partial charge in [-0.05, 0) is 12.5 Å². The molecule has 2 rings (SSSR count). The summed E-state index contributed by atoms with van der Waals surface area (Å²) < 4.78 is 5.25. The first-order chi connectivity index (χ1) is 10.1. The van der Waals surface area contributed by atoms with E-state index in [1.54, 1.807) is 7.11 Å². The van der Waals surface area contributed by atoms with E-state index in [1.165, 1.54) is 12.4 Å². The SMILES string of the molecule is COC[C@](C)(NC(=O)c1nccnc1N)c1ccccc1. The summed E-state index contributed by atoms with van der Waals surface area (Å²) in [6.45, 7) is 2.21. The zero-order valence-electron chi connectivity index (χ0n) is 12.0. The molecule has 0 saturated heterocycles. The van der Waals surface area contributed by atoms with E-state index >= 15 is 0 Å². The Labute approximate surface area is 123 Å². The van der Waals surface area contributed by atoms with Crippen LogP contribution < -0.4 is 11.1 Å². The summed E-state index contributed by atoms with van der Waals surface area (Å²) in [4.78, 5) is 20.2. The van der Waals surface area contributed by atoms with Crippen LogP contribution in [0.1, 0.15) is 23.0 Å². The summed E-state index contributed by atoms with van der Waals surface area (Å²) >= 11 is 0. The molecule has 1 aromatic carbocycles. The summed E-state index contributed by atoms with van der Waals surface area (Å²) in [5, 5.41) is 2.92. The van der Waals surface area contributed by atoms with Crippen LogP contribution in [0.25, 0.3) is 0 Å². The molecule has 0 bridgehead atoms. The van der Waals surface area contributed by atoms with Crippen molar-refractivity contribution in [3.63, 3.8) is 0 Å². The standard InChI is InChI=1S/C15H18N4O2/c1-15(10-21-2,11-6-4-3-5-7-11)19-14(20)12-13(16)18-9-8-17-12/h3-9H,10H2,1-2H3,(H2,16,18)(H,19,20)/t15-/m0/s1. The van der Waals surface area contributed by atoms with Crippen LogP contribution in [-0.4, -0.2) is 29.6 Å². The Kier molecular flexibility index (Phi) is 4.49. The van der Waals surface area contributed by atoms with Crippen molar-refractivity contribution in [3.8, 4) is 0 Å². The largest absolute Gasteiger partial charge is 0.382 e. The van der Waals surface area contributed by atoms with Crippen LogP contribution in [0.5, 0.6) is 0 Å². The van der Waals surface area contributed by atoms with Gasteiger partial charge in [-0.25, -0.2) is 9.97 Å². The third kappa shape index (κ3) is 3.35. The quantitative estimate of drug-likeness (QED) is 0.866. The van der Waals surface area contributed by atoms with Gasteiger partial charge in [-0.3, -0.25) is 4.79 Å². The lowest BCUT2D eigenvalue weighted by Crippen LogP contribution is -2.47. The maximum absolute atomic E-state index is 12.4. The molecule has 0 aliphatic rings. The fraction of sp³-hybridized carbons (Fsp3) is 0.267. The van der Waals surface area contributed by atoms with Crippen LogP contribution in [0.15, 0.2) is 42.7 Å². The number of nitrogens with two attached hydrogens (primary N) is 1. The molecule has 110 valence electrons. The van der Waals surface area contributed by atoms with Crippen molar-refractivity contribution in [1.82, 2.24) is 15.3 Å². The molecule has 1 heterocycles. The number of anilines is 1. The zero-order chi connectivity index (χ0) is 15.3. The first kappa shape index (κ1) is 14.9. The van der Waals surface area contributed by atoms with Crippen LogP contribution >= 0.6 is 0 Å². The molecule has 2 aromatic rings. The van der Waals surface area contributed by atoms with Gasteiger partial charge in [0.15, 0.2) is 11.5 Å². The number of hydrogen-bond acceptors (Lipinski definition) is 5.